The van der Waals surface area contributed by atoms with Crippen LogP contribution in [0.3, 0.4) is 0 Å². The Labute approximate surface area is 62.2 Å². The Bertz CT molecular complexity index is 114. The molecule has 2 aliphatic rings. The van der Waals surface area contributed by atoms with E-state index in [1.54, 1.807) is 0 Å². The van der Waals surface area contributed by atoms with E-state index >= 15 is 0 Å². The number of nitrogens with zero attached hydrogens (tertiary/aromatic N) is 1. The van der Waals surface area contributed by atoms with E-state index in [0.29, 0.717) is 5.41 Å². The molecule has 0 aromatic rings. The van der Waals surface area contributed by atoms with Gasteiger partial charge in [-0.05, 0) is 19.9 Å². The van der Waals surface area contributed by atoms with Gasteiger partial charge in [0.25, 0.3) is 0 Å². The summed E-state index contributed by atoms with van der Waals surface area (Å²) in [6, 6.07) is 0. The second kappa shape index (κ2) is 2.21. The minimum absolute atomic E-state index is 0.674. The molecule has 10 heavy (non-hydrogen) atoms. The molecule has 2 nitrogen and oxygen atoms in total. The van der Waals surface area contributed by atoms with E-state index in [2.05, 4.69) is 11.9 Å². The fraction of sp³-hybridized carbons (Fsp3) is 1.00. The SMILES string of the molecule is CN1CC2(CCOCC2)C1. The van der Waals surface area contributed by atoms with Crippen molar-refractivity contribution >= 4 is 0 Å². The molecule has 2 fully saturated rings. The monoisotopic (exact) mass is 141 g/mol. The van der Waals surface area contributed by atoms with Crippen LogP contribution in [0.5, 0.6) is 0 Å². The van der Waals surface area contributed by atoms with Crippen LogP contribution in [0.2, 0.25) is 0 Å². The van der Waals surface area contributed by atoms with Crippen molar-refractivity contribution in [1.29, 1.82) is 0 Å². The third kappa shape index (κ3) is 0.956. The predicted octanol–water partition coefficient (Wildman–Crippen LogP) is 0.729. The topological polar surface area (TPSA) is 12.5 Å². The molecule has 0 aromatic heterocycles. The summed E-state index contributed by atoms with van der Waals surface area (Å²) in [5.41, 5.74) is 0.674. The van der Waals surface area contributed by atoms with Gasteiger partial charge in [-0.25, -0.2) is 0 Å². The lowest BCUT2D eigenvalue weighted by atomic mass is 9.74. The van der Waals surface area contributed by atoms with E-state index < -0.39 is 0 Å². The zero-order valence-electron chi connectivity index (χ0n) is 6.60. The fourth-order valence-electron chi connectivity index (χ4n) is 2.22. The first-order valence-electron chi connectivity index (χ1n) is 4.07. The summed E-state index contributed by atoms with van der Waals surface area (Å²) >= 11 is 0. The molecule has 0 aromatic carbocycles. The van der Waals surface area contributed by atoms with Crippen molar-refractivity contribution in [2.75, 3.05) is 33.4 Å². The summed E-state index contributed by atoms with van der Waals surface area (Å²) in [6.07, 6.45) is 2.58. The number of likely N-dealkylation sites (tertiary alicyclic amines) is 1. The van der Waals surface area contributed by atoms with Crippen LogP contribution in [-0.4, -0.2) is 38.3 Å². The predicted molar refractivity (Wildman–Crippen MR) is 40.0 cm³/mol. The number of hydrogen-bond acceptors (Lipinski definition) is 2. The standard InChI is InChI=1S/C8H15NO/c1-9-6-8(7-9)2-4-10-5-3-8/h2-7H2,1H3. The van der Waals surface area contributed by atoms with Crippen molar-refractivity contribution in [2.24, 2.45) is 5.41 Å². The van der Waals surface area contributed by atoms with Crippen LogP contribution < -0.4 is 0 Å². The quantitative estimate of drug-likeness (QED) is 0.493. The zero-order chi connectivity index (χ0) is 7.03. The number of ether oxygens (including phenoxy) is 1. The van der Waals surface area contributed by atoms with Crippen LogP contribution in [0.15, 0.2) is 0 Å². The zero-order valence-corrected chi connectivity index (χ0v) is 6.60. The highest BCUT2D eigenvalue weighted by Gasteiger charge is 2.41. The lowest BCUT2D eigenvalue weighted by Crippen LogP contribution is -2.56. The average Bonchev–Trinajstić information content (AvgIpc) is 1.87. The lowest BCUT2D eigenvalue weighted by Gasteiger charge is -2.50. The third-order valence-electron chi connectivity index (χ3n) is 2.76. The molecule has 2 rings (SSSR count). The van der Waals surface area contributed by atoms with E-state index in [4.69, 9.17) is 4.74 Å². The second-order valence-electron chi connectivity index (χ2n) is 3.78. The highest BCUT2D eigenvalue weighted by molar-refractivity contribution is 4.94. The van der Waals surface area contributed by atoms with Gasteiger partial charge in [-0.3, -0.25) is 0 Å². The van der Waals surface area contributed by atoms with Crippen molar-refractivity contribution in [3.05, 3.63) is 0 Å². The lowest BCUT2D eigenvalue weighted by molar-refractivity contribution is -0.0698. The van der Waals surface area contributed by atoms with E-state index in [0.717, 1.165) is 13.2 Å². The molecule has 58 valence electrons. The molecular formula is C8H15NO. The van der Waals surface area contributed by atoms with Crippen LogP contribution in [0.25, 0.3) is 0 Å². The van der Waals surface area contributed by atoms with Gasteiger partial charge in [0.15, 0.2) is 0 Å². The van der Waals surface area contributed by atoms with Crippen LogP contribution in [0, 0.1) is 5.41 Å². The minimum Gasteiger partial charge on any atom is -0.381 e. The Morgan fingerprint density at radius 2 is 1.80 bits per heavy atom. The van der Waals surface area contributed by atoms with Crippen molar-refractivity contribution in [2.45, 2.75) is 12.8 Å². The van der Waals surface area contributed by atoms with E-state index in [9.17, 15) is 0 Å². The Morgan fingerprint density at radius 1 is 1.20 bits per heavy atom. The van der Waals surface area contributed by atoms with Gasteiger partial charge in [0.2, 0.25) is 0 Å². The fourth-order valence-corrected chi connectivity index (χ4v) is 2.22. The highest BCUT2D eigenvalue weighted by Crippen LogP contribution is 2.38. The highest BCUT2D eigenvalue weighted by atomic mass is 16.5. The minimum atomic E-state index is 0.674. The maximum Gasteiger partial charge on any atom is 0.0472 e. The third-order valence-corrected chi connectivity index (χ3v) is 2.76. The summed E-state index contributed by atoms with van der Waals surface area (Å²) in [4.78, 5) is 2.39. The molecule has 0 N–H and O–H groups in total. The molecule has 2 heteroatoms. The van der Waals surface area contributed by atoms with Crippen LogP contribution >= 0.6 is 0 Å². The summed E-state index contributed by atoms with van der Waals surface area (Å²) in [5.74, 6) is 0. The first-order valence-corrected chi connectivity index (χ1v) is 4.07. The van der Waals surface area contributed by atoms with Gasteiger partial charge in [-0.2, -0.15) is 0 Å². The van der Waals surface area contributed by atoms with Crippen molar-refractivity contribution in [1.82, 2.24) is 4.90 Å². The van der Waals surface area contributed by atoms with E-state index in [1.165, 1.54) is 25.9 Å². The number of hydrogen-bond donors (Lipinski definition) is 0. The normalized spacial score (nSPS) is 32.1. The summed E-state index contributed by atoms with van der Waals surface area (Å²) in [7, 11) is 2.20. The second-order valence-corrected chi connectivity index (χ2v) is 3.78. The van der Waals surface area contributed by atoms with Crippen molar-refractivity contribution < 1.29 is 4.74 Å². The number of rotatable bonds is 0. The largest absolute Gasteiger partial charge is 0.381 e. The molecule has 0 amide bonds. The van der Waals surface area contributed by atoms with E-state index in [1.807, 2.05) is 0 Å². The van der Waals surface area contributed by atoms with Gasteiger partial charge in [0, 0.05) is 31.7 Å². The van der Waals surface area contributed by atoms with Crippen molar-refractivity contribution in [3.8, 4) is 0 Å². The molecule has 1 spiro atoms. The Kier molecular flexibility index (Phi) is 1.46. The molecule has 0 saturated carbocycles. The first kappa shape index (κ1) is 6.62. The van der Waals surface area contributed by atoms with Crippen LogP contribution in [0.4, 0.5) is 0 Å². The van der Waals surface area contributed by atoms with Gasteiger partial charge in [0.1, 0.15) is 0 Å². The van der Waals surface area contributed by atoms with Gasteiger partial charge in [-0.15, -0.1) is 0 Å². The van der Waals surface area contributed by atoms with Gasteiger partial charge >= 0.3 is 0 Å². The molecule has 0 radical (unpaired) electrons. The van der Waals surface area contributed by atoms with E-state index in [-0.39, 0.29) is 0 Å². The summed E-state index contributed by atoms with van der Waals surface area (Å²) in [5, 5.41) is 0. The molecule has 2 saturated heterocycles. The first-order chi connectivity index (χ1) is 4.81. The molecule has 2 aliphatic heterocycles. The van der Waals surface area contributed by atoms with Crippen LogP contribution in [0.1, 0.15) is 12.8 Å². The van der Waals surface area contributed by atoms with Gasteiger partial charge in [-0.1, -0.05) is 0 Å². The summed E-state index contributed by atoms with van der Waals surface area (Å²) < 4.78 is 5.32. The Morgan fingerprint density at radius 3 is 2.30 bits per heavy atom. The smallest absolute Gasteiger partial charge is 0.0472 e. The van der Waals surface area contributed by atoms with Gasteiger partial charge in [0.05, 0.1) is 0 Å². The molecule has 0 atom stereocenters. The molecular weight excluding hydrogens is 126 g/mol. The van der Waals surface area contributed by atoms with Gasteiger partial charge < -0.3 is 9.64 Å². The Balaban J connectivity index is 1.90. The maximum absolute atomic E-state index is 5.32. The summed E-state index contributed by atoms with van der Waals surface area (Å²) in [6.45, 7) is 4.59. The van der Waals surface area contributed by atoms with Crippen LogP contribution in [-0.2, 0) is 4.74 Å². The molecule has 0 bridgehead atoms. The molecule has 0 aliphatic carbocycles. The molecule has 0 unspecified atom stereocenters. The molecule has 2 heterocycles. The average molecular weight is 141 g/mol. The maximum atomic E-state index is 5.32. The Hall–Kier alpha value is -0.0800. The van der Waals surface area contributed by atoms with Crippen molar-refractivity contribution in [3.63, 3.8) is 0 Å².